The summed E-state index contributed by atoms with van der Waals surface area (Å²) in [4.78, 5) is 21.7. The number of hydrogen-bond donors (Lipinski definition) is 0. The smallest absolute Gasteiger partial charge is 0.512 e. The van der Waals surface area contributed by atoms with Crippen LogP contribution in [0.4, 0.5) is 4.79 Å². The molecule has 1 atom stereocenters. The number of carbonyl (C=O) groups is 1. The van der Waals surface area contributed by atoms with Gasteiger partial charge in [-0.2, -0.15) is 0 Å². The molecular weight excluding hydrogens is 231 g/mol. The second-order valence-electron chi connectivity index (χ2n) is 4.58. The monoisotopic (exact) mass is 251 g/mol. The van der Waals surface area contributed by atoms with Gasteiger partial charge in [0.15, 0.2) is 7.60 Å². The standard InChI is InChI=1S/C10H21O5P/c1-7(2)9(8(3)4)6-14-10(11)15-16(5,12)13/h7-9H,6H2,1-5H3,(H,12,13)/p-1. The topological polar surface area (TPSA) is 75.7 Å². The minimum absolute atomic E-state index is 0.175. The normalized spacial score (nSPS) is 15.3. The molecule has 0 aromatic rings. The minimum Gasteiger partial charge on any atom is -0.769 e. The first-order valence-electron chi connectivity index (χ1n) is 5.28. The highest BCUT2D eigenvalue weighted by atomic mass is 31.2. The van der Waals surface area contributed by atoms with Crippen LogP contribution < -0.4 is 4.89 Å². The summed E-state index contributed by atoms with van der Waals surface area (Å²) < 4.78 is 19.5. The zero-order valence-corrected chi connectivity index (χ0v) is 11.3. The van der Waals surface area contributed by atoms with E-state index in [1.165, 1.54) is 0 Å². The third-order valence-electron chi connectivity index (χ3n) is 2.35. The van der Waals surface area contributed by atoms with Gasteiger partial charge in [-0.3, -0.25) is 4.57 Å². The van der Waals surface area contributed by atoms with Gasteiger partial charge in [0, 0.05) is 6.66 Å². The van der Waals surface area contributed by atoms with Crippen LogP contribution in [0, 0.1) is 17.8 Å². The van der Waals surface area contributed by atoms with Gasteiger partial charge in [0.1, 0.15) is 0 Å². The van der Waals surface area contributed by atoms with E-state index >= 15 is 0 Å². The van der Waals surface area contributed by atoms with E-state index in [0.717, 1.165) is 6.66 Å². The van der Waals surface area contributed by atoms with E-state index in [2.05, 4.69) is 4.52 Å². The van der Waals surface area contributed by atoms with Crippen molar-refractivity contribution < 1.29 is 23.5 Å². The summed E-state index contributed by atoms with van der Waals surface area (Å²) in [6.45, 7) is 9.11. The average molecular weight is 251 g/mol. The molecule has 0 bridgehead atoms. The molecule has 16 heavy (non-hydrogen) atoms. The van der Waals surface area contributed by atoms with Gasteiger partial charge < -0.3 is 14.2 Å². The molecule has 96 valence electrons. The number of rotatable bonds is 5. The van der Waals surface area contributed by atoms with Crippen LogP contribution in [0.1, 0.15) is 27.7 Å². The summed E-state index contributed by atoms with van der Waals surface area (Å²) >= 11 is 0. The lowest BCUT2D eigenvalue weighted by atomic mass is 9.86. The first-order chi connectivity index (χ1) is 7.13. The van der Waals surface area contributed by atoms with Gasteiger partial charge >= 0.3 is 6.16 Å². The third-order valence-corrected chi connectivity index (χ3v) is 2.83. The molecule has 0 spiro atoms. The maximum absolute atomic E-state index is 11.0. The molecule has 0 saturated heterocycles. The summed E-state index contributed by atoms with van der Waals surface area (Å²) in [5.41, 5.74) is 0. The van der Waals surface area contributed by atoms with Crippen molar-refractivity contribution in [2.45, 2.75) is 27.7 Å². The van der Waals surface area contributed by atoms with E-state index in [9.17, 15) is 14.3 Å². The molecule has 0 aliphatic carbocycles. The molecule has 1 unspecified atom stereocenters. The lowest BCUT2D eigenvalue weighted by molar-refractivity contribution is -0.193. The Labute approximate surface area is 96.7 Å². The second kappa shape index (κ2) is 6.26. The zero-order valence-electron chi connectivity index (χ0n) is 10.4. The molecule has 0 aromatic heterocycles. The summed E-state index contributed by atoms with van der Waals surface area (Å²) in [6, 6.07) is 0. The van der Waals surface area contributed by atoms with Gasteiger partial charge in [-0.1, -0.05) is 27.7 Å². The molecule has 0 rings (SSSR count). The average Bonchev–Trinajstić information content (AvgIpc) is 1.98. The summed E-state index contributed by atoms with van der Waals surface area (Å²) in [7, 11) is -4.05. The summed E-state index contributed by atoms with van der Waals surface area (Å²) in [6.07, 6.45) is -1.15. The molecule has 0 saturated carbocycles. The fourth-order valence-corrected chi connectivity index (χ4v) is 1.80. The molecule has 0 aliphatic rings. The van der Waals surface area contributed by atoms with Crippen LogP contribution in [0.15, 0.2) is 0 Å². The highest BCUT2D eigenvalue weighted by molar-refractivity contribution is 7.50. The SMILES string of the molecule is CC(C)C(COC(=O)OP(C)(=O)[O-])C(C)C. The van der Waals surface area contributed by atoms with Crippen molar-refractivity contribution in [2.75, 3.05) is 13.3 Å². The minimum atomic E-state index is -4.05. The van der Waals surface area contributed by atoms with E-state index in [1.54, 1.807) is 0 Å². The first kappa shape index (κ1) is 15.5. The Morgan fingerprint density at radius 1 is 1.25 bits per heavy atom. The van der Waals surface area contributed by atoms with E-state index < -0.39 is 13.8 Å². The molecule has 0 radical (unpaired) electrons. The molecular formula is C10H20O5P-. The van der Waals surface area contributed by atoms with Crippen molar-refractivity contribution in [3.63, 3.8) is 0 Å². The molecule has 0 aliphatic heterocycles. The lowest BCUT2D eigenvalue weighted by Gasteiger charge is -2.25. The second-order valence-corrected chi connectivity index (χ2v) is 6.30. The Hall–Kier alpha value is -0.540. The zero-order chi connectivity index (χ0) is 12.9. The Morgan fingerprint density at radius 3 is 2.00 bits per heavy atom. The highest BCUT2D eigenvalue weighted by Gasteiger charge is 2.20. The molecule has 0 N–H and O–H groups in total. The van der Waals surface area contributed by atoms with Gasteiger partial charge in [0.2, 0.25) is 0 Å². The molecule has 5 nitrogen and oxygen atoms in total. The quantitative estimate of drug-likeness (QED) is 0.553. The third kappa shape index (κ3) is 6.85. The first-order valence-corrected chi connectivity index (χ1v) is 7.27. The van der Waals surface area contributed by atoms with Crippen molar-refractivity contribution in [1.82, 2.24) is 0 Å². The summed E-state index contributed by atoms with van der Waals surface area (Å²) in [5.74, 6) is 0.900. The van der Waals surface area contributed by atoms with Gasteiger partial charge in [0.05, 0.1) is 6.61 Å². The molecule has 0 amide bonds. The molecule has 6 heteroatoms. The molecule has 0 aromatic carbocycles. The van der Waals surface area contributed by atoms with E-state index in [4.69, 9.17) is 4.74 Å². The number of ether oxygens (including phenoxy) is 1. The van der Waals surface area contributed by atoms with Crippen LogP contribution in [-0.4, -0.2) is 19.4 Å². The fourth-order valence-electron chi connectivity index (χ4n) is 1.48. The maximum atomic E-state index is 11.0. The van der Waals surface area contributed by atoms with Gasteiger partial charge in [-0.15, -0.1) is 0 Å². The lowest BCUT2D eigenvalue weighted by Crippen LogP contribution is -2.24. The fraction of sp³-hybridized carbons (Fsp3) is 0.900. The van der Waals surface area contributed by atoms with Gasteiger partial charge in [-0.25, -0.2) is 4.79 Å². The predicted octanol–water partition coefficient (Wildman–Crippen LogP) is 2.25. The Balaban J connectivity index is 4.12. The van der Waals surface area contributed by atoms with E-state index in [1.807, 2.05) is 27.7 Å². The van der Waals surface area contributed by atoms with Crippen LogP contribution in [0.5, 0.6) is 0 Å². The number of carbonyl (C=O) groups excluding carboxylic acids is 1. The van der Waals surface area contributed by atoms with E-state index in [-0.39, 0.29) is 12.5 Å². The Kier molecular flexibility index (Phi) is 6.05. The van der Waals surface area contributed by atoms with Crippen molar-refractivity contribution in [2.24, 2.45) is 17.8 Å². The van der Waals surface area contributed by atoms with Crippen molar-refractivity contribution >= 4 is 13.8 Å². The highest BCUT2D eigenvalue weighted by Crippen LogP contribution is 2.31. The number of hydrogen-bond acceptors (Lipinski definition) is 5. The van der Waals surface area contributed by atoms with Crippen LogP contribution in [0.3, 0.4) is 0 Å². The summed E-state index contributed by atoms with van der Waals surface area (Å²) in [5, 5.41) is 0. The van der Waals surface area contributed by atoms with Crippen LogP contribution in [0.25, 0.3) is 0 Å². The maximum Gasteiger partial charge on any atom is 0.512 e. The predicted molar refractivity (Wildman–Crippen MR) is 59.1 cm³/mol. The van der Waals surface area contributed by atoms with E-state index in [0.29, 0.717) is 11.8 Å². The van der Waals surface area contributed by atoms with Crippen molar-refractivity contribution in [3.8, 4) is 0 Å². The van der Waals surface area contributed by atoms with Gasteiger partial charge in [-0.05, 0) is 17.8 Å². The molecule has 0 heterocycles. The van der Waals surface area contributed by atoms with Crippen molar-refractivity contribution in [1.29, 1.82) is 0 Å². The van der Waals surface area contributed by atoms with Crippen molar-refractivity contribution in [3.05, 3.63) is 0 Å². The van der Waals surface area contributed by atoms with Crippen LogP contribution in [-0.2, 0) is 13.8 Å². The largest absolute Gasteiger partial charge is 0.769 e. The molecule has 0 fully saturated rings. The van der Waals surface area contributed by atoms with Crippen LogP contribution in [0.2, 0.25) is 0 Å². The Bertz CT molecular complexity index is 260. The Morgan fingerprint density at radius 2 is 1.69 bits per heavy atom. The van der Waals surface area contributed by atoms with Crippen LogP contribution >= 0.6 is 7.60 Å². The van der Waals surface area contributed by atoms with Gasteiger partial charge in [0.25, 0.3) is 0 Å².